The molecule has 1 aromatic carbocycles. The number of para-hydroxylation sites is 1. The summed E-state index contributed by atoms with van der Waals surface area (Å²) in [6.45, 7) is 7.32. The Balaban J connectivity index is 1.86. The second kappa shape index (κ2) is 7.84. The van der Waals surface area contributed by atoms with Crippen molar-refractivity contribution in [3.05, 3.63) is 53.8 Å². The fourth-order valence-electron chi connectivity index (χ4n) is 2.75. The predicted octanol–water partition coefficient (Wildman–Crippen LogP) is 4.26. The van der Waals surface area contributed by atoms with E-state index in [0.29, 0.717) is 27.9 Å². The highest BCUT2D eigenvalue weighted by Gasteiger charge is 2.21. The Morgan fingerprint density at radius 2 is 1.93 bits per heavy atom. The molecule has 0 radical (unpaired) electrons. The van der Waals surface area contributed by atoms with E-state index in [4.69, 9.17) is 9.15 Å². The van der Waals surface area contributed by atoms with Crippen LogP contribution in [0.1, 0.15) is 43.3 Å². The van der Waals surface area contributed by atoms with Gasteiger partial charge in [-0.25, -0.2) is 9.78 Å². The molecule has 0 aliphatic carbocycles. The molecule has 0 aliphatic heterocycles. The third kappa shape index (κ3) is 4.39. The third-order valence-electron chi connectivity index (χ3n) is 4.62. The van der Waals surface area contributed by atoms with Crippen LogP contribution in [0.3, 0.4) is 0 Å². The van der Waals surface area contributed by atoms with Crippen molar-refractivity contribution in [2.75, 3.05) is 6.61 Å². The fourth-order valence-corrected chi connectivity index (χ4v) is 2.75. The van der Waals surface area contributed by atoms with Crippen LogP contribution in [0.15, 0.2) is 46.9 Å². The van der Waals surface area contributed by atoms with Crippen molar-refractivity contribution in [3.8, 4) is 11.5 Å². The van der Waals surface area contributed by atoms with E-state index in [-0.39, 0.29) is 18.1 Å². The van der Waals surface area contributed by atoms with E-state index in [0.717, 1.165) is 12.2 Å². The number of furan rings is 1. The Morgan fingerprint density at radius 3 is 2.61 bits per heavy atom. The Kier molecular flexibility index (Phi) is 5.49. The SMILES string of the molecule is CCC(C)(C)NC(=O)COC(=O)c1cc(-c2ccc(C)o2)nc2ccccc12. The maximum Gasteiger partial charge on any atom is 0.339 e. The molecule has 3 aromatic rings. The molecule has 0 bridgehead atoms. The van der Waals surface area contributed by atoms with Crippen molar-refractivity contribution >= 4 is 22.8 Å². The van der Waals surface area contributed by atoms with Crippen molar-refractivity contribution in [1.29, 1.82) is 0 Å². The van der Waals surface area contributed by atoms with Crippen molar-refractivity contribution < 1.29 is 18.7 Å². The van der Waals surface area contributed by atoms with E-state index < -0.39 is 5.97 Å². The van der Waals surface area contributed by atoms with Crippen LogP contribution in [0.25, 0.3) is 22.4 Å². The van der Waals surface area contributed by atoms with Crippen LogP contribution in [0.5, 0.6) is 0 Å². The van der Waals surface area contributed by atoms with Gasteiger partial charge in [-0.05, 0) is 51.5 Å². The van der Waals surface area contributed by atoms with Gasteiger partial charge in [0.05, 0.1) is 11.1 Å². The number of hydrogen-bond acceptors (Lipinski definition) is 5. The lowest BCUT2D eigenvalue weighted by Gasteiger charge is -2.24. The van der Waals surface area contributed by atoms with Crippen LogP contribution < -0.4 is 5.32 Å². The number of pyridine rings is 1. The molecule has 3 rings (SSSR count). The Labute approximate surface area is 163 Å². The number of carbonyl (C=O) groups excluding carboxylic acids is 2. The number of aryl methyl sites for hydroxylation is 1. The van der Waals surface area contributed by atoms with E-state index in [9.17, 15) is 9.59 Å². The molecule has 0 atom stereocenters. The summed E-state index contributed by atoms with van der Waals surface area (Å²) in [7, 11) is 0. The monoisotopic (exact) mass is 380 g/mol. The zero-order valence-corrected chi connectivity index (χ0v) is 16.5. The molecule has 0 saturated carbocycles. The van der Waals surface area contributed by atoms with Crippen LogP contribution in [0.2, 0.25) is 0 Å². The fraction of sp³-hybridized carbons (Fsp3) is 0.318. The number of hydrogen-bond donors (Lipinski definition) is 1. The third-order valence-corrected chi connectivity index (χ3v) is 4.62. The molecule has 6 heteroatoms. The summed E-state index contributed by atoms with van der Waals surface area (Å²) in [6, 6.07) is 12.6. The number of carbonyl (C=O) groups is 2. The van der Waals surface area contributed by atoms with Gasteiger partial charge in [-0.3, -0.25) is 4.79 Å². The molecule has 0 unspecified atom stereocenters. The average molecular weight is 380 g/mol. The molecule has 0 spiro atoms. The van der Waals surface area contributed by atoms with Crippen molar-refractivity contribution in [3.63, 3.8) is 0 Å². The molecule has 2 heterocycles. The average Bonchev–Trinajstić information content (AvgIpc) is 3.11. The van der Waals surface area contributed by atoms with Gasteiger partial charge >= 0.3 is 5.97 Å². The van der Waals surface area contributed by atoms with Crippen LogP contribution >= 0.6 is 0 Å². The molecule has 1 amide bonds. The van der Waals surface area contributed by atoms with Gasteiger partial charge in [-0.1, -0.05) is 25.1 Å². The molecule has 28 heavy (non-hydrogen) atoms. The van der Waals surface area contributed by atoms with Gasteiger partial charge in [0.15, 0.2) is 12.4 Å². The van der Waals surface area contributed by atoms with E-state index in [1.54, 1.807) is 12.1 Å². The number of nitrogens with one attached hydrogen (secondary N) is 1. The Morgan fingerprint density at radius 1 is 1.18 bits per heavy atom. The highest BCUT2D eigenvalue weighted by Crippen LogP contribution is 2.26. The van der Waals surface area contributed by atoms with Crippen molar-refractivity contribution in [1.82, 2.24) is 10.3 Å². The smallest absolute Gasteiger partial charge is 0.339 e. The number of ether oxygens (including phenoxy) is 1. The van der Waals surface area contributed by atoms with Gasteiger partial charge in [-0.2, -0.15) is 0 Å². The van der Waals surface area contributed by atoms with E-state index in [1.165, 1.54) is 0 Å². The highest BCUT2D eigenvalue weighted by molar-refractivity contribution is 6.05. The zero-order chi connectivity index (χ0) is 20.3. The lowest BCUT2D eigenvalue weighted by molar-refractivity contribution is -0.125. The molecule has 0 fully saturated rings. The van der Waals surface area contributed by atoms with Gasteiger partial charge < -0.3 is 14.5 Å². The normalized spacial score (nSPS) is 11.4. The summed E-state index contributed by atoms with van der Waals surface area (Å²) in [5.74, 6) is 0.414. The standard InChI is InChI=1S/C22H24N2O4/c1-5-22(3,4)24-20(25)13-27-21(26)16-12-18(19-11-10-14(2)28-19)23-17-9-7-6-8-15(16)17/h6-12H,5,13H2,1-4H3,(H,24,25). The van der Waals surface area contributed by atoms with Crippen LogP contribution in [-0.4, -0.2) is 29.0 Å². The van der Waals surface area contributed by atoms with Crippen LogP contribution in [0, 0.1) is 6.92 Å². The number of nitrogens with zero attached hydrogens (tertiary/aromatic N) is 1. The summed E-state index contributed by atoms with van der Waals surface area (Å²) >= 11 is 0. The largest absolute Gasteiger partial charge is 0.460 e. The van der Waals surface area contributed by atoms with Gasteiger partial charge in [0.25, 0.3) is 5.91 Å². The highest BCUT2D eigenvalue weighted by atomic mass is 16.5. The quantitative estimate of drug-likeness (QED) is 0.646. The van der Waals surface area contributed by atoms with E-state index in [1.807, 2.05) is 58.0 Å². The molecule has 0 aliphatic rings. The maximum absolute atomic E-state index is 12.7. The number of amides is 1. The molecule has 2 aromatic heterocycles. The van der Waals surface area contributed by atoms with E-state index in [2.05, 4.69) is 10.3 Å². The van der Waals surface area contributed by atoms with Crippen LogP contribution in [-0.2, 0) is 9.53 Å². The number of esters is 1. The molecular weight excluding hydrogens is 356 g/mol. The maximum atomic E-state index is 12.7. The molecular formula is C22H24N2O4. The van der Waals surface area contributed by atoms with Gasteiger partial charge in [0.1, 0.15) is 11.5 Å². The Bertz CT molecular complexity index is 1020. The first-order valence-electron chi connectivity index (χ1n) is 9.24. The molecule has 146 valence electrons. The van der Waals surface area contributed by atoms with Gasteiger partial charge in [0, 0.05) is 10.9 Å². The van der Waals surface area contributed by atoms with Crippen LogP contribution in [0.4, 0.5) is 0 Å². The van der Waals surface area contributed by atoms with Crippen molar-refractivity contribution in [2.24, 2.45) is 0 Å². The number of aromatic nitrogens is 1. The zero-order valence-electron chi connectivity index (χ0n) is 16.5. The lowest BCUT2D eigenvalue weighted by Crippen LogP contribution is -2.44. The Hall–Kier alpha value is -3.15. The number of fused-ring (bicyclic) bond motifs is 1. The predicted molar refractivity (Wildman–Crippen MR) is 107 cm³/mol. The summed E-state index contributed by atoms with van der Waals surface area (Å²) in [5.41, 5.74) is 1.18. The minimum atomic E-state index is -0.576. The number of rotatable bonds is 6. The number of benzene rings is 1. The van der Waals surface area contributed by atoms with E-state index >= 15 is 0 Å². The summed E-state index contributed by atoms with van der Waals surface area (Å²) in [6.07, 6.45) is 0.771. The molecule has 0 saturated heterocycles. The van der Waals surface area contributed by atoms with Gasteiger partial charge in [0.2, 0.25) is 0 Å². The summed E-state index contributed by atoms with van der Waals surface area (Å²) in [4.78, 5) is 29.4. The minimum absolute atomic E-state index is 0.333. The first kappa shape index (κ1) is 19.6. The second-order valence-corrected chi connectivity index (χ2v) is 7.34. The lowest BCUT2D eigenvalue weighted by atomic mass is 10.0. The first-order valence-corrected chi connectivity index (χ1v) is 9.24. The van der Waals surface area contributed by atoms with Crippen molar-refractivity contribution in [2.45, 2.75) is 39.7 Å². The molecule has 1 N–H and O–H groups in total. The van der Waals surface area contributed by atoms with Gasteiger partial charge in [-0.15, -0.1) is 0 Å². The summed E-state index contributed by atoms with van der Waals surface area (Å²) in [5, 5.41) is 3.51. The minimum Gasteiger partial charge on any atom is -0.460 e. The topological polar surface area (TPSA) is 81.4 Å². The second-order valence-electron chi connectivity index (χ2n) is 7.34. The molecule has 6 nitrogen and oxygen atoms in total. The first-order chi connectivity index (χ1) is 13.3. The summed E-state index contributed by atoms with van der Waals surface area (Å²) < 4.78 is 10.9.